The summed E-state index contributed by atoms with van der Waals surface area (Å²) in [5, 5.41) is 5.25. The Morgan fingerprint density at radius 3 is 2.71 bits per heavy atom. The highest BCUT2D eigenvalue weighted by molar-refractivity contribution is 7.20. The van der Waals surface area contributed by atoms with Crippen LogP contribution in [0.4, 0.5) is 0 Å². The van der Waals surface area contributed by atoms with Crippen molar-refractivity contribution >= 4 is 21.6 Å². The maximum Gasteiger partial charge on any atom is 0.274 e. The number of hydrogen-bond donors (Lipinski definition) is 0. The maximum atomic E-state index is 6.07. The fourth-order valence-corrected chi connectivity index (χ4v) is 5.32. The van der Waals surface area contributed by atoms with Gasteiger partial charge in [0.1, 0.15) is 12.7 Å². The zero-order valence-electron chi connectivity index (χ0n) is 16.9. The van der Waals surface area contributed by atoms with Crippen LogP contribution in [0.5, 0.6) is 5.19 Å². The van der Waals surface area contributed by atoms with Gasteiger partial charge in [0, 0.05) is 0 Å². The Bertz CT molecular complexity index is 866. The summed E-state index contributed by atoms with van der Waals surface area (Å²) in [6.07, 6.45) is 12.3. The Morgan fingerprint density at radius 2 is 2.00 bits per heavy atom. The van der Waals surface area contributed by atoms with Crippen molar-refractivity contribution < 1.29 is 4.74 Å². The van der Waals surface area contributed by atoms with Gasteiger partial charge in [-0.3, -0.25) is 0 Å². The second kappa shape index (κ2) is 9.03. The van der Waals surface area contributed by atoms with Crippen LogP contribution in [-0.2, 0) is 0 Å². The van der Waals surface area contributed by atoms with E-state index in [9.17, 15) is 0 Å². The molecular weight excluding hydrogens is 368 g/mol. The molecule has 0 amide bonds. The number of ether oxygens (including phenoxy) is 1. The molecule has 3 aromatic rings. The van der Waals surface area contributed by atoms with Crippen LogP contribution in [-0.4, -0.2) is 26.4 Å². The monoisotopic (exact) mass is 398 g/mol. The maximum absolute atomic E-state index is 6.07. The van der Waals surface area contributed by atoms with Gasteiger partial charge in [-0.25, -0.2) is 14.6 Å². The fourth-order valence-electron chi connectivity index (χ4n) is 4.45. The highest BCUT2D eigenvalue weighted by Crippen LogP contribution is 2.35. The van der Waals surface area contributed by atoms with Gasteiger partial charge in [0.05, 0.1) is 22.9 Å². The normalized spacial score (nSPS) is 16.7. The highest BCUT2D eigenvalue weighted by Gasteiger charge is 2.24. The van der Waals surface area contributed by atoms with Crippen LogP contribution in [0.25, 0.3) is 10.2 Å². The van der Waals surface area contributed by atoms with E-state index in [4.69, 9.17) is 9.72 Å². The molecule has 150 valence electrons. The molecule has 0 radical (unpaired) electrons. The number of aromatic nitrogens is 4. The van der Waals surface area contributed by atoms with Gasteiger partial charge >= 0.3 is 0 Å². The van der Waals surface area contributed by atoms with Gasteiger partial charge in [-0.15, -0.1) is 0 Å². The van der Waals surface area contributed by atoms with Gasteiger partial charge in [-0.2, -0.15) is 5.10 Å². The van der Waals surface area contributed by atoms with E-state index >= 15 is 0 Å². The van der Waals surface area contributed by atoms with Gasteiger partial charge in [-0.05, 0) is 42.4 Å². The molecule has 1 atom stereocenters. The highest BCUT2D eigenvalue weighted by atomic mass is 32.1. The zero-order valence-corrected chi connectivity index (χ0v) is 17.7. The van der Waals surface area contributed by atoms with Crippen LogP contribution in [0.3, 0.4) is 0 Å². The van der Waals surface area contributed by atoms with Crippen molar-refractivity contribution in [2.75, 3.05) is 6.61 Å². The number of hydrogen-bond acceptors (Lipinski definition) is 5. The van der Waals surface area contributed by atoms with Crippen LogP contribution in [0.2, 0.25) is 0 Å². The predicted octanol–water partition coefficient (Wildman–Crippen LogP) is 5.87. The third-order valence-corrected chi connectivity index (χ3v) is 7.05. The summed E-state index contributed by atoms with van der Waals surface area (Å²) in [6.45, 7) is 5.31. The molecule has 5 nitrogen and oxygen atoms in total. The third kappa shape index (κ3) is 4.22. The largest absolute Gasteiger partial charge is 0.470 e. The summed E-state index contributed by atoms with van der Waals surface area (Å²) in [4.78, 5) is 8.88. The Morgan fingerprint density at radius 1 is 1.18 bits per heavy atom. The second-order valence-electron chi connectivity index (χ2n) is 7.92. The van der Waals surface area contributed by atoms with E-state index < -0.39 is 0 Å². The first kappa shape index (κ1) is 19.4. The number of thiazole rings is 1. The molecule has 1 saturated carbocycles. The lowest BCUT2D eigenvalue weighted by molar-refractivity contribution is 0.208. The van der Waals surface area contributed by atoms with Gasteiger partial charge in [-0.1, -0.05) is 63.4 Å². The Balaban J connectivity index is 1.55. The Hall–Kier alpha value is -1.95. The summed E-state index contributed by atoms with van der Waals surface area (Å²) in [6, 6.07) is 6.79. The lowest BCUT2D eigenvalue weighted by atomic mass is 9.89. The molecule has 1 aliphatic carbocycles. The Labute approximate surface area is 171 Å². The Kier molecular flexibility index (Phi) is 6.25. The summed E-state index contributed by atoms with van der Waals surface area (Å²) >= 11 is 1.66. The predicted molar refractivity (Wildman–Crippen MR) is 114 cm³/mol. The van der Waals surface area contributed by atoms with Gasteiger partial charge in [0.2, 0.25) is 0 Å². The van der Waals surface area contributed by atoms with Gasteiger partial charge < -0.3 is 4.74 Å². The number of benzene rings is 1. The molecule has 6 heteroatoms. The molecule has 1 aliphatic rings. The lowest BCUT2D eigenvalue weighted by Gasteiger charge is -2.25. The standard InChI is InChI=1S/C22H30N4OS/c1-3-17(4-2)21(26-15-23-14-24-26)18-10-11-19-20(12-18)28-22(25-19)27-13-16-8-6-5-7-9-16/h10-12,14-17,21H,3-9,13H2,1-2H3. The molecule has 28 heavy (non-hydrogen) atoms. The molecule has 1 unspecified atom stereocenters. The number of rotatable bonds is 8. The van der Waals surface area contributed by atoms with E-state index in [2.05, 4.69) is 42.1 Å². The van der Waals surface area contributed by atoms with Crippen molar-refractivity contribution in [3.8, 4) is 5.19 Å². The molecule has 2 aromatic heterocycles. The van der Waals surface area contributed by atoms with Crippen molar-refractivity contribution in [1.82, 2.24) is 19.7 Å². The number of nitrogens with zero attached hydrogens (tertiary/aromatic N) is 4. The molecule has 0 N–H and O–H groups in total. The molecule has 0 bridgehead atoms. The molecule has 0 spiro atoms. The van der Waals surface area contributed by atoms with Crippen molar-refractivity contribution in [1.29, 1.82) is 0 Å². The van der Waals surface area contributed by atoms with E-state index in [1.165, 1.54) is 42.4 Å². The molecule has 1 fully saturated rings. The summed E-state index contributed by atoms with van der Waals surface area (Å²) in [5.74, 6) is 1.22. The quantitative estimate of drug-likeness (QED) is 0.476. The van der Waals surface area contributed by atoms with Crippen LogP contribution in [0.1, 0.15) is 70.4 Å². The van der Waals surface area contributed by atoms with Crippen LogP contribution in [0, 0.1) is 11.8 Å². The van der Waals surface area contributed by atoms with Gasteiger partial charge in [0.25, 0.3) is 5.19 Å². The fraction of sp³-hybridized carbons (Fsp3) is 0.591. The van der Waals surface area contributed by atoms with Crippen molar-refractivity contribution in [3.63, 3.8) is 0 Å². The molecule has 0 aliphatic heterocycles. The molecule has 2 heterocycles. The van der Waals surface area contributed by atoms with E-state index in [-0.39, 0.29) is 6.04 Å². The minimum atomic E-state index is 0.204. The van der Waals surface area contributed by atoms with Crippen LogP contribution >= 0.6 is 11.3 Å². The molecule has 0 saturated heterocycles. The average Bonchev–Trinajstić information content (AvgIpc) is 3.40. The van der Waals surface area contributed by atoms with E-state index in [0.29, 0.717) is 11.8 Å². The minimum absolute atomic E-state index is 0.204. The van der Waals surface area contributed by atoms with E-state index in [1.54, 1.807) is 17.7 Å². The zero-order chi connectivity index (χ0) is 19.3. The second-order valence-corrected chi connectivity index (χ2v) is 8.91. The van der Waals surface area contributed by atoms with Crippen LogP contribution in [0.15, 0.2) is 30.9 Å². The van der Waals surface area contributed by atoms with E-state index in [1.807, 2.05) is 11.0 Å². The smallest absolute Gasteiger partial charge is 0.274 e. The average molecular weight is 399 g/mol. The lowest BCUT2D eigenvalue weighted by Crippen LogP contribution is -2.20. The van der Waals surface area contributed by atoms with Crippen molar-refractivity contribution in [2.24, 2.45) is 11.8 Å². The van der Waals surface area contributed by atoms with Gasteiger partial charge in [0.15, 0.2) is 0 Å². The van der Waals surface area contributed by atoms with Crippen molar-refractivity contribution in [3.05, 3.63) is 36.4 Å². The first-order valence-electron chi connectivity index (χ1n) is 10.7. The summed E-state index contributed by atoms with van der Waals surface area (Å²) in [7, 11) is 0. The first-order chi connectivity index (χ1) is 13.8. The summed E-state index contributed by atoms with van der Waals surface area (Å²) in [5.41, 5.74) is 2.29. The summed E-state index contributed by atoms with van der Waals surface area (Å²) < 4.78 is 9.26. The number of fused-ring (bicyclic) bond motifs is 1. The van der Waals surface area contributed by atoms with Crippen molar-refractivity contribution in [2.45, 2.75) is 64.8 Å². The van der Waals surface area contributed by atoms with Crippen LogP contribution < -0.4 is 4.74 Å². The molecule has 4 rings (SSSR count). The SMILES string of the molecule is CCC(CC)C(c1ccc2nc(OCC3CCCCC3)sc2c1)n1cncn1. The third-order valence-electron chi connectivity index (χ3n) is 6.12. The topological polar surface area (TPSA) is 52.8 Å². The molecule has 1 aromatic carbocycles. The van der Waals surface area contributed by atoms with E-state index in [0.717, 1.165) is 30.2 Å². The minimum Gasteiger partial charge on any atom is -0.470 e. The first-order valence-corrected chi connectivity index (χ1v) is 11.5. The molecular formula is C22H30N4OS.